The predicted molar refractivity (Wildman–Crippen MR) is 54.7 cm³/mol. The van der Waals surface area contributed by atoms with Crippen molar-refractivity contribution >= 4 is 0 Å². The number of hydrogen-bond acceptors (Lipinski definition) is 1. The molecule has 1 saturated carbocycles. The van der Waals surface area contributed by atoms with E-state index in [-0.39, 0.29) is 0 Å². The molecule has 2 rings (SSSR count). The number of fused-ring (bicyclic) bond motifs is 1. The van der Waals surface area contributed by atoms with Crippen molar-refractivity contribution in [2.24, 2.45) is 5.92 Å². The summed E-state index contributed by atoms with van der Waals surface area (Å²) in [6, 6.07) is 0. The van der Waals surface area contributed by atoms with Crippen LogP contribution in [-0.4, -0.2) is 11.7 Å². The minimum atomic E-state index is 0.329. The van der Waals surface area contributed by atoms with Gasteiger partial charge in [0.05, 0.1) is 11.7 Å². The van der Waals surface area contributed by atoms with E-state index in [1.165, 1.54) is 38.5 Å². The van der Waals surface area contributed by atoms with Gasteiger partial charge in [-0.1, -0.05) is 25.8 Å². The van der Waals surface area contributed by atoms with Crippen LogP contribution in [0.15, 0.2) is 12.7 Å². The second-order valence-corrected chi connectivity index (χ2v) is 4.54. The first-order chi connectivity index (χ1) is 6.30. The molecule has 0 aromatic heterocycles. The summed E-state index contributed by atoms with van der Waals surface area (Å²) < 4.78 is 5.85. The van der Waals surface area contributed by atoms with Gasteiger partial charge in [-0.05, 0) is 31.6 Å². The molecule has 1 heterocycles. The lowest BCUT2D eigenvalue weighted by Gasteiger charge is -2.21. The Bertz CT molecular complexity index is 199. The van der Waals surface area contributed by atoms with Gasteiger partial charge in [-0.2, -0.15) is 0 Å². The molecule has 3 atom stereocenters. The maximum absolute atomic E-state index is 5.85. The number of ether oxygens (including phenoxy) is 1. The van der Waals surface area contributed by atoms with Crippen LogP contribution in [0.1, 0.15) is 45.4 Å². The highest BCUT2D eigenvalue weighted by molar-refractivity contribution is 5.08. The topological polar surface area (TPSA) is 12.5 Å². The van der Waals surface area contributed by atoms with Gasteiger partial charge >= 0.3 is 0 Å². The lowest BCUT2D eigenvalue weighted by atomic mass is 9.80. The molecular formula is C12H20O. The van der Waals surface area contributed by atoms with E-state index in [4.69, 9.17) is 4.74 Å². The largest absolute Gasteiger partial charge is 0.366 e. The van der Waals surface area contributed by atoms with Crippen molar-refractivity contribution in [1.82, 2.24) is 0 Å². The Labute approximate surface area is 81.2 Å². The average Bonchev–Trinajstić information content (AvgIpc) is 2.88. The smallest absolute Gasteiger partial charge is 0.0948 e. The summed E-state index contributed by atoms with van der Waals surface area (Å²) in [5.41, 5.74) is 0.329. The van der Waals surface area contributed by atoms with Crippen LogP contribution in [0, 0.1) is 5.92 Å². The third-order valence-electron chi connectivity index (χ3n) is 3.65. The Morgan fingerprint density at radius 3 is 3.08 bits per heavy atom. The Hall–Kier alpha value is -0.300. The minimum absolute atomic E-state index is 0.329. The molecule has 0 amide bonds. The molecule has 1 aliphatic carbocycles. The maximum Gasteiger partial charge on any atom is 0.0948 e. The van der Waals surface area contributed by atoms with Crippen molar-refractivity contribution in [2.75, 3.05) is 0 Å². The molecule has 1 nitrogen and oxygen atoms in total. The molecule has 0 bridgehead atoms. The quantitative estimate of drug-likeness (QED) is 0.477. The van der Waals surface area contributed by atoms with Crippen LogP contribution in [0.2, 0.25) is 0 Å². The maximum atomic E-state index is 5.85. The lowest BCUT2D eigenvalue weighted by Crippen LogP contribution is -2.23. The van der Waals surface area contributed by atoms with Gasteiger partial charge in [0.25, 0.3) is 0 Å². The Kier molecular flexibility index (Phi) is 2.46. The molecule has 1 heteroatoms. The first-order valence-corrected chi connectivity index (χ1v) is 5.61. The molecule has 3 unspecified atom stereocenters. The molecule has 1 aliphatic heterocycles. The van der Waals surface area contributed by atoms with E-state index in [1.807, 2.05) is 0 Å². The highest BCUT2D eigenvalue weighted by atomic mass is 16.6. The van der Waals surface area contributed by atoms with Gasteiger partial charge in [0.15, 0.2) is 0 Å². The summed E-state index contributed by atoms with van der Waals surface area (Å²) in [4.78, 5) is 0. The second kappa shape index (κ2) is 3.45. The van der Waals surface area contributed by atoms with Gasteiger partial charge in [0, 0.05) is 0 Å². The van der Waals surface area contributed by atoms with E-state index < -0.39 is 0 Å². The van der Waals surface area contributed by atoms with Gasteiger partial charge in [-0.3, -0.25) is 0 Å². The van der Waals surface area contributed by atoms with Crippen molar-refractivity contribution in [3.8, 4) is 0 Å². The molecule has 2 fully saturated rings. The zero-order chi connectivity index (χ0) is 9.31. The normalized spacial score (nSPS) is 42.5. The van der Waals surface area contributed by atoms with Crippen LogP contribution in [0.4, 0.5) is 0 Å². The summed E-state index contributed by atoms with van der Waals surface area (Å²) >= 11 is 0. The first kappa shape index (κ1) is 9.26. The predicted octanol–water partition coefficient (Wildman–Crippen LogP) is 3.30. The third kappa shape index (κ3) is 1.67. The molecule has 74 valence electrons. The van der Waals surface area contributed by atoms with Crippen LogP contribution in [0.25, 0.3) is 0 Å². The second-order valence-electron chi connectivity index (χ2n) is 4.54. The zero-order valence-electron chi connectivity index (χ0n) is 8.59. The van der Waals surface area contributed by atoms with E-state index in [9.17, 15) is 0 Å². The van der Waals surface area contributed by atoms with Gasteiger partial charge in [-0.15, -0.1) is 6.58 Å². The Morgan fingerprint density at radius 2 is 2.46 bits per heavy atom. The molecule has 0 aromatic carbocycles. The summed E-state index contributed by atoms with van der Waals surface area (Å²) in [5, 5.41) is 0. The molecule has 1 saturated heterocycles. The molecule has 2 aliphatic rings. The first-order valence-electron chi connectivity index (χ1n) is 5.61. The minimum Gasteiger partial charge on any atom is -0.366 e. The Morgan fingerprint density at radius 1 is 1.62 bits per heavy atom. The van der Waals surface area contributed by atoms with E-state index in [1.54, 1.807) is 0 Å². The standard InChI is InChI=1S/C12H20O/c1-3-5-7-12-8-6-10(4-2)9-11(12)13-12/h4,10-11H,2-3,5-9H2,1H3. The van der Waals surface area contributed by atoms with Crippen LogP contribution < -0.4 is 0 Å². The van der Waals surface area contributed by atoms with Crippen molar-refractivity contribution in [3.05, 3.63) is 12.7 Å². The van der Waals surface area contributed by atoms with Crippen LogP contribution >= 0.6 is 0 Å². The fourth-order valence-electron chi connectivity index (χ4n) is 2.59. The molecule has 0 spiro atoms. The van der Waals surface area contributed by atoms with Gasteiger partial charge in [0.1, 0.15) is 0 Å². The van der Waals surface area contributed by atoms with E-state index in [0.29, 0.717) is 11.7 Å². The fraction of sp³-hybridized carbons (Fsp3) is 0.833. The molecular weight excluding hydrogens is 160 g/mol. The molecule has 0 N–H and O–H groups in total. The van der Waals surface area contributed by atoms with E-state index in [0.717, 1.165) is 5.92 Å². The number of epoxide rings is 1. The van der Waals surface area contributed by atoms with E-state index in [2.05, 4.69) is 19.6 Å². The van der Waals surface area contributed by atoms with Crippen LogP contribution in [-0.2, 0) is 4.74 Å². The third-order valence-corrected chi connectivity index (χ3v) is 3.65. The number of allylic oxidation sites excluding steroid dienone is 1. The highest BCUT2D eigenvalue weighted by Gasteiger charge is 2.57. The fourth-order valence-corrected chi connectivity index (χ4v) is 2.59. The zero-order valence-corrected chi connectivity index (χ0v) is 8.59. The summed E-state index contributed by atoms with van der Waals surface area (Å²) in [6.07, 6.45) is 10.4. The molecule has 13 heavy (non-hydrogen) atoms. The van der Waals surface area contributed by atoms with Crippen molar-refractivity contribution in [3.63, 3.8) is 0 Å². The summed E-state index contributed by atoms with van der Waals surface area (Å²) in [6.45, 7) is 6.12. The van der Waals surface area contributed by atoms with Gasteiger partial charge in [-0.25, -0.2) is 0 Å². The summed E-state index contributed by atoms with van der Waals surface area (Å²) in [5.74, 6) is 0.724. The highest BCUT2D eigenvalue weighted by Crippen LogP contribution is 2.52. The van der Waals surface area contributed by atoms with Gasteiger partial charge < -0.3 is 4.74 Å². The Balaban J connectivity index is 1.84. The monoisotopic (exact) mass is 180 g/mol. The number of rotatable bonds is 4. The van der Waals surface area contributed by atoms with Crippen molar-refractivity contribution in [1.29, 1.82) is 0 Å². The molecule has 0 radical (unpaired) electrons. The van der Waals surface area contributed by atoms with E-state index >= 15 is 0 Å². The van der Waals surface area contributed by atoms with Crippen molar-refractivity contribution in [2.45, 2.75) is 57.2 Å². The number of unbranched alkanes of at least 4 members (excludes halogenated alkanes) is 1. The van der Waals surface area contributed by atoms with Crippen LogP contribution in [0.3, 0.4) is 0 Å². The molecule has 0 aromatic rings. The average molecular weight is 180 g/mol. The summed E-state index contributed by atoms with van der Waals surface area (Å²) in [7, 11) is 0. The van der Waals surface area contributed by atoms with Crippen LogP contribution in [0.5, 0.6) is 0 Å². The van der Waals surface area contributed by atoms with Gasteiger partial charge in [0.2, 0.25) is 0 Å². The SMILES string of the molecule is C=CC1CCC2(CCCC)OC2C1. The lowest BCUT2D eigenvalue weighted by molar-refractivity contribution is 0.264. The number of hydrogen-bond donors (Lipinski definition) is 0. The van der Waals surface area contributed by atoms with Crippen molar-refractivity contribution < 1.29 is 4.74 Å².